The Morgan fingerprint density at radius 3 is 1.07 bits per heavy atom. The summed E-state index contributed by atoms with van der Waals surface area (Å²) in [6.07, 6.45) is 77.1. The largest absolute Gasteiger partial charge is 0.756 e. The van der Waals surface area contributed by atoms with Crippen molar-refractivity contribution in [3.05, 3.63) is 36.5 Å². The average molecular weight is 1090 g/mol. The second-order valence-electron chi connectivity index (χ2n) is 24.2. The highest BCUT2D eigenvalue weighted by atomic mass is 31.2. The zero-order valence-corrected chi connectivity index (χ0v) is 52.4. The number of nitrogens with one attached hydrogen (secondary N) is 1. The normalized spacial score (nSPS) is 13.9. The number of aliphatic hydroxyl groups excluding tert-OH is 1. The fraction of sp³-hybridized carbons (Fsp3) is 0.896. The lowest BCUT2D eigenvalue weighted by Gasteiger charge is -2.29. The van der Waals surface area contributed by atoms with E-state index in [4.69, 9.17) is 9.05 Å². The first-order valence-electron chi connectivity index (χ1n) is 33.4. The van der Waals surface area contributed by atoms with Crippen LogP contribution in [0.2, 0.25) is 0 Å². The van der Waals surface area contributed by atoms with Crippen molar-refractivity contribution in [3.63, 3.8) is 0 Å². The SMILES string of the molecule is CCCCCCCCCC/C=C/CC/C=C/CC/C=C/C(O)C(COP(=O)([O-])OCC[N+](C)(C)C)NC(=O)CCCCCCCCCCCCCCCCCCCCCCCCCCCCCCCCCCCCCC. The molecule has 0 radical (unpaired) electrons. The number of allylic oxidation sites excluding steroid dienone is 5. The molecule has 9 heteroatoms. The average Bonchev–Trinajstić information content (AvgIpc) is 3.38. The van der Waals surface area contributed by atoms with E-state index in [1.807, 2.05) is 27.2 Å². The number of aliphatic hydroxyl groups is 1. The summed E-state index contributed by atoms with van der Waals surface area (Å²) in [4.78, 5) is 25.5. The Morgan fingerprint density at radius 2 is 0.737 bits per heavy atom. The number of amides is 1. The molecule has 0 saturated heterocycles. The van der Waals surface area contributed by atoms with Gasteiger partial charge in [-0.3, -0.25) is 9.36 Å². The summed E-state index contributed by atoms with van der Waals surface area (Å²) in [5.41, 5.74) is 0. The van der Waals surface area contributed by atoms with Crippen LogP contribution in [-0.4, -0.2) is 68.5 Å². The van der Waals surface area contributed by atoms with Crippen molar-refractivity contribution in [3.8, 4) is 0 Å². The maximum absolute atomic E-state index is 13.0. The molecule has 0 aromatic heterocycles. The van der Waals surface area contributed by atoms with Crippen molar-refractivity contribution < 1.29 is 32.9 Å². The van der Waals surface area contributed by atoms with Crippen molar-refractivity contribution >= 4 is 13.7 Å². The lowest BCUT2D eigenvalue weighted by molar-refractivity contribution is -0.870. The molecule has 76 heavy (non-hydrogen) atoms. The zero-order valence-electron chi connectivity index (χ0n) is 51.5. The van der Waals surface area contributed by atoms with E-state index in [2.05, 4.69) is 43.5 Å². The fourth-order valence-electron chi connectivity index (χ4n) is 10.1. The Kier molecular flexibility index (Phi) is 57.4. The molecule has 8 nitrogen and oxygen atoms in total. The number of quaternary nitrogens is 1. The molecule has 0 rings (SSSR count). The van der Waals surface area contributed by atoms with Crippen molar-refractivity contribution in [2.75, 3.05) is 40.9 Å². The van der Waals surface area contributed by atoms with Crippen LogP contribution in [0.15, 0.2) is 36.5 Å². The number of carbonyl (C=O) groups excluding carboxylic acids is 1. The molecule has 0 heterocycles. The molecule has 0 aromatic rings. The van der Waals surface area contributed by atoms with Crippen LogP contribution < -0.4 is 10.2 Å². The minimum Gasteiger partial charge on any atom is -0.756 e. The maximum Gasteiger partial charge on any atom is 0.268 e. The first-order valence-corrected chi connectivity index (χ1v) is 34.8. The van der Waals surface area contributed by atoms with E-state index in [1.165, 1.54) is 270 Å². The van der Waals surface area contributed by atoms with E-state index >= 15 is 0 Å². The van der Waals surface area contributed by atoms with E-state index in [0.717, 1.165) is 44.9 Å². The van der Waals surface area contributed by atoms with Gasteiger partial charge in [-0.05, 0) is 44.9 Å². The minimum atomic E-state index is -4.61. The molecule has 0 aliphatic rings. The second kappa shape index (κ2) is 58.4. The van der Waals surface area contributed by atoms with Crippen LogP contribution in [0, 0.1) is 0 Å². The summed E-state index contributed by atoms with van der Waals surface area (Å²) in [6.45, 7) is 4.66. The Hall–Kier alpha value is -1.28. The molecule has 3 unspecified atom stereocenters. The van der Waals surface area contributed by atoms with Crippen LogP contribution in [0.4, 0.5) is 0 Å². The standard InChI is InChI=1S/C67H131N2O6P/c1-6-8-10-12-14-16-18-20-22-24-26-27-28-29-30-31-32-33-34-35-36-37-38-39-40-41-42-43-45-47-49-51-53-55-57-59-61-67(71)68-65(64-75-76(72,73)74-63-62-69(3,4)5)66(70)60-58-56-54-52-50-48-46-44-25-23-21-19-17-15-13-11-9-7-2/h25,44,50,52,58,60,65-66,70H,6-24,26-43,45-49,51,53-57,59,61-64H2,1-5H3,(H-,68,71,72,73)/b44-25+,52-50+,60-58+. The van der Waals surface area contributed by atoms with Crippen LogP contribution >= 0.6 is 7.82 Å². The summed E-state index contributed by atoms with van der Waals surface area (Å²) in [5, 5.41) is 13.9. The van der Waals surface area contributed by atoms with Gasteiger partial charge in [0.15, 0.2) is 0 Å². The first kappa shape index (κ1) is 74.7. The van der Waals surface area contributed by atoms with Crippen LogP contribution in [0.5, 0.6) is 0 Å². The lowest BCUT2D eigenvalue weighted by atomic mass is 10.0. The number of hydrogen-bond donors (Lipinski definition) is 2. The van der Waals surface area contributed by atoms with Gasteiger partial charge in [0, 0.05) is 6.42 Å². The van der Waals surface area contributed by atoms with Crippen LogP contribution in [0.25, 0.3) is 0 Å². The van der Waals surface area contributed by atoms with Crippen LogP contribution in [-0.2, 0) is 18.4 Å². The number of unbranched alkanes of at least 4 members (excludes halogenated alkanes) is 45. The van der Waals surface area contributed by atoms with Gasteiger partial charge >= 0.3 is 0 Å². The van der Waals surface area contributed by atoms with Gasteiger partial charge in [0.05, 0.1) is 39.9 Å². The number of nitrogens with zero attached hydrogens (tertiary/aromatic N) is 1. The van der Waals surface area contributed by atoms with Gasteiger partial charge < -0.3 is 28.8 Å². The molecule has 450 valence electrons. The van der Waals surface area contributed by atoms with E-state index in [9.17, 15) is 19.4 Å². The van der Waals surface area contributed by atoms with E-state index in [-0.39, 0.29) is 12.5 Å². The Balaban J connectivity index is 3.98. The van der Waals surface area contributed by atoms with Gasteiger partial charge in [0.2, 0.25) is 5.91 Å². The molecule has 0 aliphatic carbocycles. The van der Waals surface area contributed by atoms with Gasteiger partial charge in [0.1, 0.15) is 13.2 Å². The third kappa shape index (κ3) is 60.4. The highest BCUT2D eigenvalue weighted by Gasteiger charge is 2.23. The van der Waals surface area contributed by atoms with Crippen molar-refractivity contribution in [1.82, 2.24) is 5.32 Å². The molecule has 0 spiro atoms. The molecular formula is C67H131N2O6P. The molecule has 0 aromatic carbocycles. The van der Waals surface area contributed by atoms with Gasteiger partial charge in [-0.1, -0.05) is 320 Å². The van der Waals surface area contributed by atoms with E-state index in [0.29, 0.717) is 17.4 Å². The molecule has 2 N–H and O–H groups in total. The highest BCUT2D eigenvalue weighted by molar-refractivity contribution is 7.45. The monoisotopic (exact) mass is 1090 g/mol. The number of phosphoric acid groups is 1. The number of phosphoric ester groups is 1. The Bertz CT molecular complexity index is 1330. The van der Waals surface area contributed by atoms with Crippen LogP contribution in [0.3, 0.4) is 0 Å². The molecule has 3 atom stereocenters. The molecule has 0 bridgehead atoms. The second-order valence-corrected chi connectivity index (χ2v) is 25.6. The number of likely N-dealkylation sites (N-methyl/N-ethyl adjacent to an activating group) is 1. The molecule has 1 amide bonds. The van der Waals surface area contributed by atoms with E-state index in [1.54, 1.807) is 6.08 Å². The summed E-state index contributed by atoms with van der Waals surface area (Å²) >= 11 is 0. The van der Waals surface area contributed by atoms with Crippen molar-refractivity contribution in [2.24, 2.45) is 0 Å². The lowest BCUT2D eigenvalue weighted by Crippen LogP contribution is -2.45. The molecule has 0 saturated carbocycles. The third-order valence-electron chi connectivity index (χ3n) is 15.3. The number of carbonyl (C=O) groups is 1. The summed E-state index contributed by atoms with van der Waals surface area (Å²) in [7, 11) is 1.25. The summed E-state index contributed by atoms with van der Waals surface area (Å²) < 4.78 is 23.4. The van der Waals surface area contributed by atoms with Gasteiger partial charge in [0.25, 0.3) is 7.82 Å². The predicted molar refractivity (Wildman–Crippen MR) is 330 cm³/mol. The Labute approximate surface area is 474 Å². The summed E-state index contributed by atoms with van der Waals surface area (Å²) in [5.74, 6) is -0.205. The predicted octanol–water partition coefficient (Wildman–Crippen LogP) is 20.3. The third-order valence-corrected chi connectivity index (χ3v) is 16.3. The smallest absolute Gasteiger partial charge is 0.268 e. The minimum absolute atomic E-state index is 0.00731. The number of rotatable bonds is 62. The molecule has 0 aliphatic heterocycles. The van der Waals surface area contributed by atoms with E-state index < -0.39 is 26.6 Å². The van der Waals surface area contributed by atoms with Gasteiger partial charge in [-0.15, -0.1) is 0 Å². The zero-order chi connectivity index (χ0) is 55.6. The van der Waals surface area contributed by atoms with Crippen LogP contribution in [0.1, 0.15) is 335 Å². The van der Waals surface area contributed by atoms with Crippen molar-refractivity contribution in [2.45, 2.75) is 347 Å². The topological polar surface area (TPSA) is 108 Å². The summed E-state index contributed by atoms with van der Waals surface area (Å²) in [6, 6.07) is -0.908. The maximum atomic E-state index is 13.0. The number of hydrogen-bond acceptors (Lipinski definition) is 6. The quantitative estimate of drug-likeness (QED) is 0.0272. The Morgan fingerprint density at radius 1 is 0.447 bits per heavy atom. The highest BCUT2D eigenvalue weighted by Crippen LogP contribution is 2.38. The fourth-order valence-corrected chi connectivity index (χ4v) is 10.9. The molecule has 0 fully saturated rings. The molecular weight excluding hydrogens is 960 g/mol. The van der Waals surface area contributed by atoms with Crippen molar-refractivity contribution in [1.29, 1.82) is 0 Å². The van der Waals surface area contributed by atoms with Gasteiger partial charge in [-0.25, -0.2) is 0 Å². The van der Waals surface area contributed by atoms with Gasteiger partial charge in [-0.2, -0.15) is 0 Å². The first-order chi connectivity index (χ1) is 37.0.